The second-order valence-corrected chi connectivity index (χ2v) is 8.72. The van der Waals surface area contributed by atoms with Gasteiger partial charge in [-0.05, 0) is 48.8 Å². The number of hydrogen-bond donors (Lipinski definition) is 2. The van der Waals surface area contributed by atoms with Crippen molar-refractivity contribution in [3.8, 4) is 0 Å². The molecule has 0 aliphatic carbocycles. The number of hydrogen-bond acceptors (Lipinski definition) is 3. The third-order valence-electron chi connectivity index (χ3n) is 6.15. The molecule has 0 saturated carbocycles. The van der Waals surface area contributed by atoms with E-state index < -0.39 is 5.41 Å². The molecule has 1 saturated heterocycles. The molecule has 1 heterocycles. The van der Waals surface area contributed by atoms with Gasteiger partial charge in [-0.3, -0.25) is 4.79 Å². The van der Waals surface area contributed by atoms with Crippen molar-refractivity contribution in [1.82, 2.24) is 5.32 Å². The number of benzene rings is 1. The standard InChI is InChI=1S/C22H37N3O/c1-6-22(7-2,16-23)20(26)24-18-12-14-25(15-13-18)19-10-8-17(9-11-19)21(3,4)5/h8-11,18H,6-7,12-16,23H2,1-5H3,(H,24,26). The van der Waals surface area contributed by atoms with Crippen molar-refractivity contribution >= 4 is 11.6 Å². The minimum absolute atomic E-state index is 0.137. The van der Waals surface area contributed by atoms with Crippen molar-refractivity contribution in [2.24, 2.45) is 11.1 Å². The average Bonchev–Trinajstić information content (AvgIpc) is 2.64. The van der Waals surface area contributed by atoms with Gasteiger partial charge in [-0.1, -0.05) is 46.8 Å². The molecule has 4 nitrogen and oxygen atoms in total. The Bertz CT molecular complexity index is 568. The quantitative estimate of drug-likeness (QED) is 0.811. The van der Waals surface area contributed by atoms with Crippen LogP contribution in [0.3, 0.4) is 0 Å². The Balaban J connectivity index is 1.92. The summed E-state index contributed by atoms with van der Waals surface area (Å²) in [5.74, 6) is 0.137. The predicted molar refractivity (Wildman–Crippen MR) is 111 cm³/mol. The molecule has 4 heteroatoms. The Kier molecular flexibility index (Phi) is 6.73. The van der Waals surface area contributed by atoms with Gasteiger partial charge in [0.15, 0.2) is 0 Å². The van der Waals surface area contributed by atoms with E-state index in [0.29, 0.717) is 6.54 Å². The molecule has 1 fully saturated rings. The van der Waals surface area contributed by atoms with Crippen LogP contribution in [0.25, 0.3) is 0 Å². The molecule has 146 valence electrons. The normalized spacial score (nSPS) is 16.6. The van der Waals surface area contributed by atoms with Gasteiger partial charge in [-0.25, -0.2) is 0 Å². The van der Waals surface area contributed by atoms with Crippen LogP contribution in [0.1, 0.15) is 65.9 Å². The summed E-state index contributed by atoms with van der Waals surface area (Å²) in [4.78, 5) is 15.1. The van der Waals surface area contributed by atoms with Gasteiger partial charge in [0.2, 0.25) is 5.91 Å². The third kappa shape index (κ3) is 4.59. The van der Waals surface area contributed by atoms with Gasteiger partial charge in [0.05, 0.1) is 5.41 Å². The lowest BCUT2D eigenvalue weighted by Crippen LogP contribution is -2.51. The molecule has 26 heavy (non-hydrogen) atoms. The summed E-state index contributed by atoms with van der Waals surface area (Å²) in [6.07, 6.45) is 3.57. The number of piperidine rings is 1. The SMILES string of the molecule is CCC(CC)(CN)C(=O)NC1CCN(c2ccc(C(C)(C)C)cc2)CC1. The fourth-order valence-electron chi connectivity index (χ4n) is 3.75. The number of carbonyl (C=O) groups excluding carboxylic acids is 1. The zero-order chi connectivity index (χ0) is 19.4. The average molecular weight is 360 g/mol. The van der Waals surface area contributed by atoms with Crippen LogP contribution in [0, 0.1) is 5.41 Å². The highest BCUT2D eigenvalue weighted by molar-refractivity contribution is 5.83. The molecule has 1 aliphatic heterocycles. The second kappa shape index (κ2) is 8.43. The van der Waals surface area contributed by atoms with E-state index >= 15 is 0 Å². The lowest BCUT2D eigenvalue weighted by molar-refractivity contribution is -0.131. The van der Waals surface area contributed by atoms with Crippen LogP contribution in [0.15, 0.2) is 24.3 Å². The minimum Gasteiger partial charge on any atom is -0.371 e. The molecular weight excluding hydrogens is 322 g/mol. The van der Waals surface area contributed by atoms with E-state index in [1.165, 1.54) is 11.3 Å². The van der Waals surface area contributed by atoms with E-state index in [2.05, 4.69) is 69.1 Å². The smallest absolute Gasteiger partial charge is 0.227 e. The molecule has 0 aromatic heterocycles. The summed E-state index contributed by atoms with van der Waals surface area (Å²) >= 11 is 0. The van der Waals surface area contributed by atoms with Crippen LogP contribution in [-0.4, -0.2) is 31.6 Å². The monoisotopic (exact) mass is 359 g/mol. The summed E-state index contributed by atoms with van der Waals surface area (Å²) in [6, 6.07) is 9.19. The first-order chi connectivity index (χ1) is 12.3. The van der Waals surface area contributed by atoms with Crippen LogP contribution >= 0.6 is 0 Å². The maximum Gasteiger partial charge on any atom is 0.227 e. The Morgan fingerprint density at radius 1 is 1.12 bits per heavy atom. The van der Waals surface area contributed by atoms with E-state index in [1.807, 2.05) is 0 Å². The molecule has 2 rings (SSSR count). The van der Waals surface area contributed by atoms with Crippen LogP contribution in [0.5, 0.6) is 0 Å². The fraction of sp³-hybridized carbons (Fsp3) is 0.682. The fourth-order valence-corrected chi connectivity index (χ4v) is 3.75. The Hall–Kier alpha value is -1.55. The number of anilines is 1. The molecule has 0 radical (unpaired) electrons. The zero-order valence-electron chi connectivity index (χ0n) is 17.3. The first-order valence-corrected chi connectivity index (χ1v) is 10.1. The Morgan fingerprint density at radius 2 is 1.65 bits per heavy atom. The maximum atomic E-state index is 12.7. The van der Waals surface area contributed by atoms with Gasteiger partial charge >= 0.3 is 0 Å². The summed E-state index contributed by atoms with van der Waals surface area (Å²) in [7, 11) is 0. The molecule has 3 N–H and O–H groups in total. The van der Waals surface area contributed by atoms with E-state index in [-0.39, 0.29) is 17.4 Å². The number of carbonyl (C=O) groups is 1. The first kappa shape index (κ1) is 20.8. The highest BCUT2D eigenvalue weighted by Gasteiger charge is 2.35. The van der Waals surface area contributed by atoms with Crippen LogP contribution in [0.2, 0.25) is 0 Å². The summed E-state index contributed by atoms with van der Waals surface area (Å²) < 4.78 is 0. The molecule has 1 aromatic carbocycles. The van der Waals surface area contributed by atoms with Crippen LogP contribution in [-0.2, 0) is 10.2 Å². The highest BCUT2D eigenvalue weighted by atomic mass is 16.2. The van der Waals surface area contributed by atoms with Gasteiger partial charge in [0.1, 0.15) is 0 Å². The second-order valence-electron chi connectivity index (χ2n) is 8.72. The number of nitrogens with zero attached hydrogens (tertiary/aromatic N) is 1. The van der Waals surface area contributed by atoms with Crippen molar-refractivity contribution in [3.63, 3.8) is 0 Å². The lowest BCUT2D eigenvalue weighted by Gasteiger charge is -2.37. The number of nitrogens with one attached hydrogen (secondary N) is 1. The molecular formula is C22H37N3O. The van der Waals surface area contributed by atoms with Gasteiger partial charge < -0.3 is 16.0 Å². The third-order valence-corrected chi connectivity index (χ3v) is 6.15. The van der Waals surface area contributed by atoms with Crippen molar-refractivity contribution in [2.45, 2.75) is 71.8 Å². The van der Waals surface area contributed by atoms with E-state index in [0.717, 1.165) is 38.8 Å². The molecule has 0 spiro atoms. The topological polar surface area (TPSA) is 58.4 Å². The molecule has 1 aliphatic rings. The number of amides is 1. The van der Waals surface area contributed by atoms with Crippen molar-refractivity contribution in [1.29, 1.82) is 0 Å². The highest BCUT2D eigenvalue weighted by Crippen LogP contribution is 2.28. The predicted octanol–water partition coefficient (Wildman–Crippen LogP) is 3.83. The largest absolute Gasteiger partial charge is 0.371 e. The number of rotatable bonds is 6. The summed E-state index contributed by atoms with van der Waals surface area (Å²) in [5, 5.41) is 3.27. The summed E-state index contributed by atoms with van der Waals surface area (Å²) in [5.41, 5.74) is 8.33. The summed E-state index contributed by atoms with van der Waals surface area (Å²) in [6.45, 7) is 13.2. The molecule has 0 unspecified atom stereocenters. The molecule has 1 aromatic rings. The van der Waals surface area contributed by atoms with Gasteiger partial charge in [-0.15, -0.1) is 0 Å². The van der Waals surface area contributed by atoms with Gasteiger partial charge in [0.25, 0.3) is 0 Å². The molecule has 0 atom stereocenters. The molecule has 0 bridgehead atoms. The van der Waals surface area contributed by atoms with Gasteiger partial charge in [0, 0.05) is 31.4 Å². The van der Waals surface area contributed by atoms with E-state index in [9.17, 15) is 4.79 Å². The van der Waals surface area contributed by atoms with E-state index in [1.54, 1.807) is 0 Å². The van der Waals surface area contributed by atoms with Crippen LogP contribution < -0.4 is 16.0 Å². The number of nitrogens with two attached hydrogens (primary N) is 1. The first-order valence-electron chi connectivity index (χ1n) is 10.1. The van der Waals surface area contributed by atoms with Gasteiger partial charge in [-0.2, -0.15) is 0 Å². The van der Waals surface area contributed by atoms with Crippen molar-refractivity contribution in [2.75, 3.05) is 24.5 Å². The van der Waals surface area contributed by atoms with E-state index in [4.69, 9.17) is 5.73 Å². The lowest BCUT2D eigenvalue weighted by atomic mass is 9.81. The minimum atomic E-state index is -0.403. The Labute approximate surface area is 159 Å². The van der Waals surface area contributed by atoms with Crippen LogP contribution in [0.4, 0.5) is 5.69 Å². The maximum absolute atomic E-state index is 12.7. The molecule has 1 amide bonds. The Morgan fingerprint density at radius 3 is 2.08 bits per heavy atom. The van der Waals surface area contributed by atoms with Crippen molar-refractivity contribution < 1.29 is 4.79 Å². The van der Waals surface area contributed by atoms with Crippen molar-refractivity contribution in [3.05, 3.63) is 29.8 Å². The zero-order valence-corrected chi connectivity index (χ0v) is 17.3.